The van der Waals surface area contributed by atoms with Crippen molar-refractivity contribution in [2.45, 2.75) is 52.1 Å². The molecule has 1 heterocycles. The molecular formula is C13H25NO3. The minimum atomic E-state index is -0.173. The minimum Gasteiger partial charge on any atom is -0.465 e. The van der Waals surface area contributed by atoms with Crippen molar-refractivity contribution in [1.82, 2.24) is 5.32 Å². The van der Waals surface area contributed by atoms with Gasteiger partial charge in [-0.1, -0.05) is 6.92 Å². The number of ether oxygens (including phenoxy) is 2. The SMILES string of the molecule is CCOC(=O)C(CC)NC(C)C1CCOCC1. The largest absolute Gasteiger partial charge is 0.465 e. The van der Waals surface area contributed by atoms with Crippen LogP contribution in [0.15, 0.2) is 0 Å². The molecule has 0 saturated carbocycles. The van der Waals surface area contributed by atoms with E-state index in [0.717, 1.165) is 32.5 Å². The summed E-state index contributed by atoms with van der Waals surface area (Å²) in [5.74, 6) is 0.473. The minimum absolute atomic E-state index is 0.131. The Bertz CT molecular complexity index is 227. The van der Waals surface area contributed by atoms with Crippen molar-refractivity contribution in [3.63, 3.8) is 0 Å². The van der Waals surface area contributed by atoms with Crippen LogP contribution in [0.2, 0.25) is 0 Å². The standard InChI is InChI=1S/C13H25NO3/c1-4-12(13(15)17-5-2)14-10(3)11-6-8-16-9-7-11/h10-12,14H,4-9H2,1-3H3. The number of carbonyl (C=O) groups excluding carboxylic acids is 1. The number of carbonyl (C=O) groups is 1. The molecule has 2 atom stereocenters. The fourth-order valence-electron chi connectivity index (χ4n) is 2.26. The average Bonchev–Trinajstić information content (AvgIpc) is 2.37. The molecule has 1 fully saturated rings. The predicted molar refractivity (Wildman–Crippen MR) is 66.9 cm³/mol. The van der Waals surface area contributed by atoms with Crippen LogP contribution in [0.3, 0.4) is 0 Å². The van der Waals surface area contributed by atoms with Crippen LogP contribution >= 0.6 is 0 Å². The monoisotopic (exact) mass is 243 g/mol. The molecule has 1 saturated heterocycles. The summed E-state index contributed by atoms with van der Waals surface area (Å²) in [7, 11) is 0. The van der Waals surface area contributed by atoms with Gasteiger partial charge < -0.3 is 14.8 Å². The molecule has 0 radical (unpaired) electrons. The molecule has 2 unspecified atom stereocenters. The lowest BCUT2D eigenvalue weighted by Crippen LogP contribution is -2.46. The van der Waals surface area contributed by atoms with Gasteiger partial charge in [0.2, 0.25) is 0 Å². The first kappa shape index (κ1) is 14.5. The topological polar surface area (TPSA) is 47.6 Å². The zero-order valence-electron chi connectivity index (χ0n) is 11.2. The van der Waals surface area contributed by atoms with Gasteiger partial charge in [0.15, 0.2) is 0 Å². The molecule has 4 heteroatoms. The number of rotatable bonds is 6. The predicted octanol–water partition coefficient (Wildman–Crippen LogP) is 1.73. The molecule has 0 amide bonds. The van der Waals surface area contributed by atoms with E-state index in [0.29, 0.717) is 18.6 Å². The van der Waals surface area contributed by atoms with Gasteiger partial charge >= 0.3 is 5.97 Å². The molecule has 0 aromatic carbocycles. The van der Waals surface area contributed by atoms with Crippen LogP contribution in [0.1, 0.15) is 40.0 Å². The second kappa shape index (κ2) is 7.67. The van der Waals surface area contributed by atoms with Crippen LogP contribution in [0.25, 0.3) is 0 Å². The highest BCUT2D eigenvalue weighted by atomic mass is 16.5. The van der Waals surface area contributed by atoms with Crippen molar-refractivity contribution < 1.29 is 14.3 Å². The molecule has 100 valence electrons. The Labute approximate surface area is 104 Å². The van der Waals surface area contributed by atoms with E-state index in [1.807, 2.05) is 13.8 Å². The lowest BCUT2D eigenvalue weighted by Gasteiger charge is -2.30. The molecule has 0 bridgehead atoms. The number of hydrogen-bond acceptors (Lipinski definition) is 4. The van der Waals surface area contributed by atoms with E-state index >= 15 is 0 Å². The van der Waals surface area contributed by atoms with Crippen LogP contribution in [-0.4, -0.2) is 37.9 Å². The highest BCUT2D eigenvalue weighted by Crippen LogP contribution is 2.19. The highest BCUT2D eigenvalue weighted by Gasteiger charge is 2.25. The van der Waals surface area contributed by atoms with Crippen LogP contribution in [0.4, 0.5) is 0 Å². The maximum atomic E-state index is 11.7. The third-order valence-corrected chi connectivity index (χ3v) is 3.42. The van der Waals surface area contributed by atoms with Crippen LogP contribution in [0.5, 0.6) is 0 Å². The van der Waals surface area contributed by atoms with Gasteiger partial charge in [-0.15, -0.1) is 0 Å². The van der Waals surface area contributed by atoms with E-state index in [-0.39, 0.29) is 12.0 Å². The third kappa shape index (κ3) is 4.64. The summed E-state index contributed by atoms with van der Waals surface area (Å²) in [5, 5.41) is 3.39. The number of nitrogens with one attached hydrogen (secondary N) is 1. The van der Waals surface area contributed by atoms with E-state index < -0.39 is 0 Å². The van der Waals surface area contributed by atoms with Gasteiger partial charge in [0.1, 0.15) is 6.04 Å². The smallest absolute Gasteiger partial charge is 0.323 e. The van der Waals surface area contributed by atoms with Gasteiger partial charge in [0.05, 0.1) is 6.61 Å². The molecule has 0 aromatic heterocycles. The lowest BCUT2D eigenvalue weighted by atomic mass is 9.92. The molecule has 1 aliphatic rings. The maximum absolute atomic E-state index is 11.7. The molecule has 0 spiro atoms. The maximum Gasteiger partial charge on any atom is 0.323 e. The first-order chi connectivity index (χ1) is 8.19. The van der Waals surface area contributed by atoms with Crippen molar-refractivity contribution in [1.29, 1.82) is 0 Å². The van der Waals surface area contributed by atoms with Crippen molar-refractivity contribution >= 4 is 5.97 Å². The molecule has 1 N–H and O–H groups in total. The van der Waals surface area contributed by atoms with E-state index in [1.165, 1.54) is 0 Å². The van der Waals surface area contributed by atoms with Crippen molar-refractivity contribution in [3.8, 4) is 0 Å². The highest BCUT2D eigenvalue weighted by molar-refractivity contribution is 5.75. The van der Waals surface area contributed by atoms with E-state index in [2.05, 4.69) is 12.2 Å². The van der Waals surface area contributed by atoms with Crippen LogP contribution in [0, 0.1) is 5.92 Å². The van der Waals surface area contributed by atoms with E-state index in [1.54, 1.807) is 0 Å². The van der Waals surface area contributed by atoms with E-state index in [4.69, 9.17) is 9.47 Å². The Morgan fingerprint density at radius 2 is 2.06 bits per heavy atom. The van der Waals surface area contributed by atoms with Crippen molar-refractivity contribution in [2.75, 3.05) is 19.8 Å². The second-order valence-electron chi connectivity index (χ2n) is 4.62. The zero-order valence-corrected chi connectivity index (χ0v) is 11.2. The van der Waals surface area contributed by atoms with Crippen LogP contribution in [-0.2, 0) is 14.3 Å². The van der Waals surface area contributed by atoms with Gasteiger partial charge in [0.25, 0.3) is 0 Å². The molecule has 0 aromatic rings. The van der Waals surface area contributed by atoms with Crippen molar-refractivity contribution in [2.24, 2.45) is 5.92 Å². The Morgan fingerprint density at radius 3 is 2.59 bits per heavy atom. The zero-order chi connectivity index (χ0) is 12.7. The summed E-state index contributed by atoms with van der Waals surface area (Å²) in [6.07, 6.45) is 2.92. The quantitative estimate of drug-likeness (QED) is 0.722. The summed E-state index contributed by atoms with van der Waals surface area (Å²) in [5.41, 5.74) is 0. The summed E-state index contributed by atoms with van der Waals surface area (Å²) in [6.45, 7) is 8.12. The van der Waals surface area contributed by atoms with E-state index in [9.17, 15) is 4.79 Å². The second-order valence-corrected chi connectivity index (χ2v) is 4.62. The first-order valence-electron chi connectivity index (χ1n) is 6.69. The average molecular weight is 243 g/mol. The Hall–Kier alpha value is -0.610. The fraction of sp³-hybridized carbons (Fsp3) is 0.923. The molecule has 1 rings (SSSR count). The fourth-order valence-corrected chi connectivity index (χ4v) is 2.26. The lowest BCUT2D eigenvalue weighted by molar-refractivity contribution is -0.146. The Balaban J connectivity index is 2.40. The van der Waals surface area contributed by atoms with Crippen molar-refractivity contribution in [3.05, 3.63) is 0 Å². The van der Waals surface area contributed by atoms with Gasteiger partial charge in [-0.05, 0) is 39.0 Å². The molecule has 1 aliphatic heterocycles. The number of esters is 1. The normalized spacial score (nSPS) is 20.9. The summed E-state index contributed by atoms with van der Waals surface area (Å²) in [6, 6.07) is 0.168. The summed E-state index contributed by atoms with van der Waals surface area (Å²) < 4.78 is 10.4. The van der Waals surface area contributed by atoms with Gasteiger partial charge in [-0.3, -0.25) is 4.79 Å². The molecular weight excluding hydrogens is 218 g/mol. The van der Waals surface area contributed by atoms with Gasteiger partial charge in [0, 0.05) is 19.3 Å². The van der Waals surface area contributed by atoms with Gasteiger partial charge in [-0.2, -0.15) is 0 Å². The summed E-state index contributed by atoms with van der Waals surface area (Å²) in [4.78, 5) is 11.7. The number of hydrogen-bond donors (Lipinski definition) is 1. The summed E-state index contributed by atoms with van der Waals surface area (Å²) >= 11 is 0. The van der Waals surface area contributed by atoms with Gasteiger partial charge in [-0.25, -0.2) is 0 Å². The molecule has 17 heavy (non-hydrogen) atoms. The van der Waals surface area contributed by atoms with Crippen LogP contribution < -0.4 is 5.32 Å². The Morgan fingerprint density at radius 1 is 1.41 bits per heavy atom. The Kier molecular flexibility index (Phi) is 6.52. The first-order valence-corrected chi connectivity index (χ1v) is 6.69. The molecule has 4 nitrogen and oxygen atoms in total. The molecule has 0 aliphatic carbocycles. The third-order valence-electron chi connectivity index (χ3n) is 3.42.